The van der Waals surface area contributed by atoms with Crippen LogP contribution in [0.25, 0.3) is 0 Å². The zero-order chi connectivity index (χ0) is 28.4. The number of nitrogens with zero attached hydrogens (tertiary/aromatic N) is 1. The maximum absolute atomic E-state index is 13.2. The van der Waals surface area contributed by atoms with Crippen LogP contribution < -0.4 is 4.74 Å². The van der Waals surface area contributed by atoms with E-state index in [1.807, 2.05) is 32.9 Å². The number of fused-ring (bicyclic) bond motifs is 3. The molecule has 0 N–H and O–H groups in total. The van der Waals surface area contributed by atoms with Gasteiger partial charge in [0, 0.05) is 38.8 Å². The summed E-state index contributed by atoms with van der Waals surface area (Å²) in [5, 5.41) is 0. The molecule has 0 aliphatic carbocycles. The van der Waals surface area contributed by atoms with Crippen LogP contribution in [0.2, 0.25) is 0 Å². The molecule has 0 saturated carbocycles. The van der Waals surface area contributed by atoms with Crippen molar-refractivity contribution >= 4 is 17.7 Å². The third-order valence-corrected chi connectivity index (χ3v) is 6.49. The molecule has 0 radical (unpaired) electrons. The van der Waals surface area contributed by atoms with Gasteiger partial charge in [-0.25, -0.2) is 9.59 Å². The molecule has 0 fully saturated rings. The summed E-state index contributed by atoms with van der Waals surface area (Å²) in [6.45, 7) is 16.0. The van der Waals surface area contributed by atoms with Gasteiger partial charge in [0.05, 0.1) is 12.6 Å². The molecule has 1 aromatic rings. The van der Waals surface area contributed by atoms with Crippen molar-refractivity contribution < 1.29 is 33.3 Å². The van der Waals surface area contributed by atoms with Gasteiger partial charge in [-0.05, 0) is 77.1 Å². The highest BCUT2D eigenvalue weighted by molar-refractivity contribution is 6.18. The number of benzene rings is 1. The first-order valence-electron chi connectivity index (χ1n) is 13.4. The molecule has 0 spiro atoms. The number of hydrogen-bond acceptors (Lipinski definition) is 8. The van der Waals surface area contributed by atoms with Crippen LogP contribution >= 0.6 is 0 Å². The Bertz CT molecular complexity index is 1090. The van der Waals surface area contributed by atoms with Gasteiger partial charge in [0.2, 0.25) is 0 Å². The lowest BCUT2D eigenvalue weighted by Gasteiger charge is -2.47. The molecule has 2 unspecified atom stereocenters. The standard InChI is InChI=1S/C30H43NO7/c1-18(2)23-13-19-14-26(36-12-10-11-35-9)21(27(33)37-29(3,4)5)15-20(19)24-16-25(32)22(17-31(23)24)28(34)38-30(6,7)8/h14-15,17-18,23-24H,10-13,16H2,1-9H3. The monoisotopic (exact) mass is 529 g/mol. The Labute approximate surface area is 226 Å². The molecule has 210 valence electrons. The number of esters is 2. The van der Waals surface area contributed by atoms with Crippen LogP contribution in [-0.4, -0.2) is 60.2 Å². The summed E-state index contributed by atoms with van der Waals surface area (Å²) in [5.41, 5.74) is 0.911. The van der Waals surface area contributed by atoms with Crippen molar-refractivity contribution in [3.05, 3.63) is 40.6 Å². The Morgan fingerprint density at radius 2 is 1.61 bits per heavy atom. The molecule has 1 aromatic carbocycles. The smallest absolute Gasteiger partial charge is 0.343 e. The van der Waals surface area contributed by atoms with Gasteiger partial charge in [-0.3, -0.25) is 4.79 Å². The van der Waals surface area contributed by atoms with Crippen molar-refractivity contribution in [3.63, 3.8) is 0 Å². The molecule has 2 aliphatic rings. The second-order valence-electron chi connectivity index (χ2n) is 12.4. The Hall–Kier alpha value is -2.87. The molecule has 2 aliphatic heterocycles. The zero-order valence-corrected chi connectivity index (χ0v) is 24.3. The van der Waals surface area contributed by atoms with E-state index in [2.05, 4.69) is 18.7 Å². The summed E-state index contributed by atoms with van der Waals surface area (Å²) in [7, 11) is 1.64. The number of hydrogen-bond donors (Lipinski definition) is 0. The Morgan fingerprint density at radius 1 is 0.974 bits per heavy atom. The van der Waals surface area contributed by atoms with Gasteiger partial charge in [-0.15, -0.1) is 0 Å². The van der Waals surface area contributed by atoms with E-state index in [9.17, 15) is 14.4 Å². The van der Waals surface area contributed by atoms with E-state index in [0.29, 0.717) is 37.4 Å². The van der Waals surface area contributed by atoms with E-state index in [1.54, 1.807) is 34.1 Å². The first-order valence-corrected chi connectivity index (χ1v) is 13.4. The fourth-order valence-electron chi connectivity index (χ4n) is 4.83. The summed E-state index contributed by atoms with van der Waals surface area (Å²) in [4.78, 5) is 41.4. The molecule has 0 aromatic heterocycles. The third-order valence-electron chi connectivity index (χ3n) is 6.49. The molecule has 3 rings (SSSR count). The van der Waals surface area contributed by atoms with Gasteiger partial charge in [0.15, 0.2) is 5.78 Å². The van der Waals surface area contributed by atoms with Gasteiger partial charge in [-0.2, -0.15) is 0 Å². The van der Waals surface area contributed by atoms with E-state index in [1.165, 1.54) is 0 Å². The van der Waals surface area contributed by atoms with Gasteiger partial charge in [0.1, 0.15) is 28.1 Å². The highest BCUT2D eigenvalue weighted by Gasteiger charge is 2.42. The number of ketones is 1. The molecule has 2 atom stereocenters. The van der Waals surface area contributed by atoms with Crippen molar-refractivity contribution in [1.82, 2.24) is 4.90 Å². The van der Waals surface area contributed by atoms with Crippen LogP contribution in [-0.2, 0) is 30.2 Å². The van der Waals surface area contributed by atoms with Crippen LogP contribution in [0.15, 0.2) is 23.9 Å². The first kappa shape index (κ1) is 29.7. The lowest BCUT2D eigenvalue weighted by molar-refractivity contribution is -0.151. The number of methoxy groups -OCH3 is 1. The Kier molecular flexibility index (Phi) is 8.97. The first-order chi connectivity index (χ1) is 17.6. The lowest BCUT2D eigenvalue weighted by Crippen LogP contribution is -2.47. The Balaban J connectivity index is 2.07. The minimum Gasteiger partial charge on any atom is -0.493 e. The van der Waals surface area contributed by atoms with Crippen LogP contribution in [0.4, 0.5) is 0 Å². The number of Topliss-reactive ketones (excluding diaryl/α,β-unsaturated/α-hetero) is 1. The fraction of sp³-hybridized carbons (Fsp3) is 0.633. The molecule has 8 nitrogen and oxygen atoms in total. The third kappa shape index (κ3) is 7.16. The number of carbonyl (C=O) groups excluding carboxylic acids is 3. The summed E-state index contributed by atoms with van der Waals surface area (Å²) in [5.74, 6) is -0.645. The second-order valence-corrected chi connectivity index (χ2v) is 12.4. The molecule has 0 amide bonds. The van der Waals surface area contributed by atoms with E-state index < -0.39 is 23.1 Å². The molecule has 0 bridgehead atoms. The minimum absolute atomic E-state index is 0.0479. The summed E-state index contributed by atoms with van der Waals surface area (Å²) >= 11 is 0. The summed E-state index contributed by atoms with van der Waals surface area (Å²) in [6.07, 6.45) is 3.14. The topological polar surface area (TPSA) is 91.4 Å². The highest BCUT2D eigenvalue weighted by atomic mass is 16.6. The van der Waals surface area contributed by atoms with Crippen LogP contribution in [0.5, 0.6) is 5.75 Å². The molecular formula is C30H43NO7. The summed E-state index contributed by atoms with van der Waals surface area (Å²) in [6, 6.07) is 3.47. The van der Waals surface area contributed by atoms with Crippen LogP contribution in [0.3, 0.4) is 0 Å². The second kappa shape index (κ2) is 11.5. The van der Waals surface area contributed by atoms with E-state index >= 15 is 0 Å². The van der Waals surface area contributed by atoms with Gasteiger partial charge < -0.3 is 23.8 Å². The quantitative estimate of drug-likeness (QED) is 0.258. The fourth-order valence-corrected chi connectivity index (χ4v) is 4.83. The predicted octanol–water partition coefficient (Wildman–Crippen LogP) is 5.18. The number of carbonyl (C=O) groups is 3. The number of ether oxygens (including phenoxy) is 4. The predicted molar refractivity (Wildman–Crippen MR) is 144 cm³/mol. The molecular weight excluding hydrogens is 486 g/mol. The number of rotatable bonds is 8. The van der Waals surface area contributed by atoms with Crippen molar-refractivity contribution in [2.24, 2.45) is 5.92 Å². The van der Waals surface area contributed by atoms with Gasteiger partial charge >= 0.3 is 11.9 Å². The molecule has 8 heteroatoms. The maximum Gasteiger partial charge on any atom is 0.343 e. The van der Waals surface area contributed by atoms with E-state index in [0.717, 1.165) is 11.1 Å². The largest absolute Gasteiger partial charge is 0.493 e. The van der Waals surface area contributed by atoms with E-state index in [-0.39, 0.29) is 35.8 Å². The SMILES string of the molecule is COCCCOc1cc2c(cc1C(=O)OC(C)(C)C)C1CC(=O)C(C(=O)OC(C)(C)C)=CN1C(C(C)C)C2. The van der Waals surface area contributed by atoms with Crippen molar-refractivity contribution in [1.29, 1.82) is 0 Å². The van der Waals surface area contributed by atoms with Crippen molar-refractivity contribution in [2.75, 3.05) is 20.3 Å². The molecule has 2 heterocycles. The zero-order valence-electron chi connectivity index (χ0n) is 24.3. The average molecular weight is 530 g/mol. The van der Waals surface area contributed by atoms with E-state index in [4.69, 9.17) is 18.9 Å². The highest BCUT2D eigenvalue weighted by Crippen LogP contribution is 2.44. The maximum atomic E-state index is 13.2. The van der Waals surface area contributed by atoms with Crippen LogP contribution in [0, 0.1) is 5.92 Å². The Morgan fingerprint density at radius 3 is 2.18 bits per heavy atom. The minimum atomic E-state index is -0.705. The summed E-state index contributed by atoms with van der Waals surface area (Å²) < 4.78 is 22.4. The molecule has 0 saturated heterocycles. The van der Waals surface area contributed by atoms with Crippen molar-refractivity contribution in [3.8, 4) is 5.75 Å². The van der Waals surface area contributed by atoms with Gasteiger partial charge in [-0.1, -0.05) is 13.8 Å². The lowest BCUT2D eigenvalue weighted by atomic mass is 9.79. The molecule has 38 heavy (non-hydrogen) atoms. The van der Waals surface area contributed by atoms with Crippen molar-refractivity contribution in [2.45, 2.75) is 97.9 Å². The van der Waals surface area contributed by atoms with Crippen LogP contribution in [0.1, 0.15) is 95.8 Å². The average Bonchev–Trinajstić information content (AvgIpc) is 2.78. The van der Waals surface area contributed by atoms with Gasteiger partial charge in [0.25, 0.3) is 0 Å². The normalized spacial score (nSPS) is 19.5.